The van der Waals surface area contributed by atoms with E-state index in [0.29, 0.717) is 0 Å². The Kier molecular flexibility index (Phi) is 3.33. The minimum Gasteiger partial charge on any atom is -0.365 e. The molecule has 0 aromatic rings. The van der Waals surface area contributed by atoms with E-state index in [1.807, 2.05) is 0 Å². The first-order valence-electron chi connectivity index (χ1n) is 7.68. The van der Waals surface area contributed by atoms with Crippen LogP contribution in [0.25, 0.3) is 0 Å². The van der Waals surface area contributed by atoms with Crippen molar-refractivity contribution in [1.82, 2.24) is 4.90 Å². The third-order valence-electron chi connectivity index (χ3n) is 4.74. The lowest BCUT2D eigenvalue weighted by molar-refractivity contribution is -0.0734. The second-order valence-corrected chi connectivity index (χ2v) is 6.06. The zero-order valence-corrected chi connectivity index (χ0v) is 12.7. The van der Waals surface area contributed by atoms with Gasteiger partial charge in [-0.2, -0.15) is 0 Å². The maximum absolute atomic E-state index is 6.08. The molecule has 108 valence electrons. The smallest absolute Gasteiger partial charge is 0.142 e. The molecule has 3 aliphatic rings. The number of allylic oxidation sites excluding steroid dienone is 2. The molecule has 0 bridgehead atoms. The predicted molar refractivity (Wildman–Crippen MR) is 82.6 cm³/mol. The van der Waals surface area contributed by atoms with Crippen molar-refractivity contribution in [3.05, 3.63) is 35.7 Å². The largest absolute Gasteiger partial charge is 0.365 e. The van der Waals surface area contributed by atoms with Gasteiger partial charge in [0.05, 0.1) is 12.3 Å². The van der Waals surface area contributed by atoms with Crippen molar-refractivity contribution >= 4 is 5.84 Å². The van der Waals surface area contributed by atoms with Crippen molar-refractivity contribution < 1.29 is 4.74 Å². The highest BCUT2D eigenvalue weighted by Crippen LogP contribution is 2.44. The highest BCUT2D eigenvalue weighted by Gasteiger charge is 2.49. The molecular weight excluding hydrogens is 248 g/mol. The summed E-state index contributed by atoms with van der Waals surface area (Å²) < 4.78 is 6.08. The molecule has 1 saturated heterocycles. The van der Waals surface area contributed by atoms with E-state index in [1.54, 1.807) is 0 Å². The minimum atomic E-state index is -0.139. The quantitative estimate of drug-likeness (QED) is 0.780. The summed E-state index contributed by atoms with van der Waals surface area (Å²) in [5.41, 5.74) is 4.28. The number of nitrogens with zero attached hydrogens (tertiary/aromatic N) is 2. The monoisotopic (exact) mass is 272 g/mol. The molecule has 0 N–H and O–H groups in total. The topological polar surface area (TPSA) is 24.8 Å². The molecule has 0 atom stereocenters. The second kappa shape index (κ2) is 4.88. The lowest BCUT2D eigenvalue weighted by atomic mass is 9.76. The lowest BCUT2D eigenvalue weighted by Crippen LogP contribution is -2.60. The molecule has 2 aliphatic heterocycles. The summed E-state index contributed by atoms with van der Waals surface area (Å²) in [6.45, 7) is 14.4. The van der Waals surface area contributed by atoms with Gasteiger partial charge in [0.25, 0.3) is 0 Å². The highest BCUT2D eigenvalue weighted by molar-refractivity contribution is 5.96. The molecular formula is C17H24N2O. The van der Waals surface area contributed by atoms with Crippen molar-refractivity contribution in [1.29, 1.82) is 0 Å². The van der Waals surface area contributed by atoms with E-state index < -0.39 is 0 Å². The van der Waals surface area contributed by atoms with Gasteiger partial charge >= 0.3 is 0 Å². The Morgan fingerprint density at radius 2 is 2.20 bits per heavy atom. The van der Waals surface area contributed by atoms with Crippen molar-refractivity contribution in [2.75, 3.05) is 13.2 Å². The highest BCUT2D eigenvalue weighted by atomic mass is 16.5. The molecule has 3 nitrogen and oxygen atoms in total. The molecule has 0 aromatic heterocycles. The van der Waals surface area contributed by atoms with Gasteiger partial charge in [-0.25, -0.2) is 4.99 Å². The van der Waals surface area contributed by atoms with Crippen LogP contribution in [0.4, 0.5) is 0 Å². The Morgan fingerprint density at radius 3 is 2.80 bits per heavy atom. The van der Waals surface area contributed by atoms with Crippen LogP contribution < -0.4 is 0 Å². The van der Waals surface area contributed by atoms with Gasteiger partial charge in [0.15, 0.2) is 0 Å². The van der Waals surface area contributed by atoms with Gasteiger partial charge < -0.3 is 9.64 Å². The summed E-state index contributed by atoms with van der Waals surface area (Å²) in [5.74, 6) is 1.08. The van der Waals surface area contributed by atoms with E-state index >= 15 is 0 Å². The van der Waals surface area contributed by atoms with Crippen LogP contribution in [-0.2, 0) is 4.74 Å². The van der Waals surface area contributed by atoms with Gasteiger partial charge in [-0.1, -0.05) is 26.5 Å². The zero-order chi connectivity index (χ0) is 14.3. The lowest BCUT2D eigenvalue weighted by Gasteiger charge is -2.51. The molecule has 0 radical (unpaired) electrons. The first-order chi connectivity index (χ1) is 9.59. The molecule has 1 spiro atoms. The van der Waals surface area contributed by atoms with Crippen LogP contribution in [0.1, 0.15) is 46.0 Å². The fourth-order valence-corrected chi connectivity index (χ4v) is 3.33. The first kappa shape index (κ1) is 13.6. The number of hydrogen-bond acceptors (Lipinski definition) is 3. The number of rotatable bonds is 3. The Labute approximate surface area is 121 Å². The Balaban J connectivity index is 2.01. The summed E-state index contributed by atoms with van der Waals surface area (Å²) in [4.78, 5) is 7.23. The van der Waals surface area contributed by atoms with E-state index in [0.717, 1.165) is 61.6 Å². The SMILES string of the molecule is C=C(CCC)C1=C(C)C(=C)N2CCOC3(CCC3)C2=N1. The number of fused-ring (bicyclic) bond motifs is 2. The molecule has 3 heteroatoms. The van der Waals surface area contributed by atoms with Gasteiger partial charge in [0, 0.05) is 12.2 Å². The average molecular weight is 272 g/mol. The summed E-state index contributed by atoms with van der Waals surface area (Å²) >= 11 is 0. The molecule has 2 heterocycles. The Hall–Kier alpha value is -1.35. The van der Waals surface area contributed by atoms with Crippen LogP contribution in [0.2, 0.25) is 0 Å². The molecule has 0 unspecified atom stereocenters. The first-order valence-corrected chi connectivity index (χ1v) is 7.68. The molecule has 0 amide bonds. The molecule has 2 fully saturated rings. The van der Waals surface area contributed by atoms with Crippen LogP contribution >= 0.6 is 0 Å². The maximum Gasteiger partial charge on any atom is 0.142 e. The summed E-state index contributed by atoms with van der Waals surface area (Å²) in [6, 6.07) is 0. The van der Waals surface area contributed by atoms with Crippen LogP contribution in [0.3, 0.4) is 0 Å². The van der Waals surface area contributed by atoms with Crippen LogP contribution in [0.15, 0.2) is 40.7 Å². The fourth-order valence-electron chi connectivity index (χ4n) is 3.33. The maximum atomic E-state index is 6.08. The summed E-state index contributed by atoms with van der Waals surface area (Å²) in [6.07, 6.45) is 5.49. The number of amidine groups is 1. The van der Waals surface area contributed by atoms with Crippen molar-refractivity contribution in [3.63, 3.8) is 0 Å². The third-order valence-corrected chi connectivity index (χ3v) is 4.74. The number of hydrogen-bond donors (Lipinski definition) is 0. The minimum absolute atomic E-state index is 0.139. The van der Waals surface area contributed by atoms with Crippen LogP contribution in [0, 0.1) is 0 Å². The van der Waals surface area contributed by atoms with Gasteiger partial charge in [-0.05, 0) is 43.8 Å². The summed E-state index contributed by atoms with van der Waals surface area (Å²) in [7, 11) is 0. The van der Waals surface area contributed by atoms with Gasteiger partial charge in [0.1, 0.15) is 11.4 Å². The van der Waals surface area contributed by atoms with E-state index in [9.17, 15) is 0 Å². The van der Waals surface area contributed by atoms with E-state index in [-0.39, 0.29) is 5.60 Å². The standard InChI is InChI=1S/C17H24N2O/c1-5-7-12(2)15-13(3)14(4)19-10-11-20-17(8-6-9-17)16(19)18-15/h2,4-11H2,1,3H3. The normalized spacial score (nSPS) is 24.4. The van der Waals surface area contributed by atoms with Gasteiger partial charge in [0.2, 0.25) is 0 Å². The van der Waals surface area contributed by atoms with Crippen molar-refractivity contribution in [3.8, 4) is 0 Å². The molecule has 20 heavy (non-hydrogen) atoms. The Morgan fingerprint density at radius 1 is 1.45 bits per heavy atom. The molecule has 3 rings (SSSR count). The van der Waals surface area contributed by atoms with Gasteiger partial charge in [-0.3, -0.25) is 0 Å². The average Bonchev–Trinajstić information content (AvgIpc) is 2.40. The molecule has 1 aliphatic carbocycles. The van der Waals surface area contributed by atoms with Crippen molar-refractivity contribution in [2.45, 2.75) is 51.6 Å². The number of aliphatic imine (C=N–C) groups is 1. The van der Waals surface area contributed by atoms with E-state index in [4.69, 9.17) is 9.73 Å². The predicted octanol–water partition coefficient (Wildman–Crippen LogP) is 3.80. The van der Waals surface area contributed by atoms with Crippen molar-refractivity contribution in [2.24, 2.45) is 4.99 Å². The fraction of sp³-hybridized carbons (Fsp3) is 0.588. The molecule has 0 aromatic carbocycles. The van der Waals surface area contributed by atoms with Crippen LogP contribution in [-0.4, -0.2) is 29.5 Å². The number of ether oxygens (including phenoxy) is 1. The molecule has 1 saturated carbocycles. The van der Waals surface area contributed by atoms with E-state index in [2.05, 4.69) is 31.9 Å². The third kappa shape index (κ3) is 1.87. The Bertz CT molecular complexity index is 523. The van der Waals surface area contributed by atoms with E-state index in [1.165, 1.54) is 12.0 Å². The zero-order valence-electron chi connectivity index (χ0n) is 12.7. The van der Waals surface area contributed by atoms with Crippen LogP contribution in [0.5, 0.6) is 0 Å². The van der Waals surface area contributed by atoms with Gasteiger partial charge in [-0.15, -0.1) is 0 Å². The second-order valence-electron chi connectivity index (χ2n) is 6.06. The summed E-state index contributed by atoms with van der Waals surface area (Å²) in [5, 5.41) is 0. The number of morpholine rings is 1.